The first-order valence-corrected chi connectivity index (χ1v) is 9.68. The van der Waals surface area contributed by atoms with Gasteiger partial charge in [-0.05, 0) is 18.0 Å². The molecule has 2 aromatic carbocycles. The smallest absolute Gasteiger partial charge is 0.123 e. The van der Waals surface area contributed by atoms with Crippen LogP contribution in [0.2, 0.25) is 0 Å². The molecule has 2 heterocycles. The standard InChI is InChI=1S/C21H23N3S/c22-11-18-12-24(14-20(18)16-7-3-1-4-8-16)13-19-15-25-21(23-19)17-9-5-2-6-10-17/h1-10,15,18,20H,11-14,22H2/t18-,20+/m1/s1. The van der Waals surface area contributed by atoms with E-state index in [1.165, 1.54) is 11.1 Å². The second-order valence-corrected chi connectivity index (χ2v) is 7.58. The SMILES string of the molecule is NC[C@@H]1CN(Cc2csc(-c3ccccc3)n2)C[C@H]1c1ccccc1. The van der Waals surface area contributed by atoms with E-state index in [0.29, 0.717) is 11.8 Å². The zero-order valence-electron chi connectivity index (χ0n) is 14.2. The fourth-order valence-corrected chi connectivity index (χ4v) is 4.55. The molecule has 0 saturated carbocycles. The van der Waals surface area contributed by atoms with Gasteiger partial charge in [0.25, 0.3) is 0 Å². The highest BCUT2D eigenvalue weighted by molar-refractivity contribution is 7.13. The normalized spacial score (nSPS) is 20.8. The van der Waals surface area contributed by atoms with Gasteiger partial charge in [-0.1, -0.05) is 60.7 Å². The molecule has 0 radical (unpaired) electrons. The van der Waals surface area contributed by atoms with Crippen molar-refractivity contribution in [2.75, 3.05) is 19.6 Å². The first-order valence-electron chi connectivity index (χ1n) is 8.80. The topological polar surface area (TPSA) is 42.1 Å². The first-order chi connectivity index (χ1) is 12.3. The zero-order chi connectivity index (χ0) is 17.1. The van der Waals surface area contributed by atoms with E-state index in [0.717, 1.165) is 36.9 Å². The van der Waals surface area contributed by atoms with Crippen LogP contribution in [0.1, 0.15) is 17.2 Å². The van der Waals surface area contributed by atoms with Crippen LogP contribution in [0.4, 0.5) is 0 Å². The summed E-state index contributed by atoms with van der Waals surface area (Å²) >= 11 is 1.73. The molecule has 2 N–H and O–H groups in total. The van der Waals surface area contributed by atoms with Gasteiger partial charge in [0.2, 0.25) is 0 Å². The van der Waals surface area contributed by atoms with Crippen LogP contribution in [0.15, 0.2) is 66.0 Å². The minimum atomic E-state index is 0.523. The van der Waals surface area contributed by atoms with Crippen LogP contribution >= 0.6 is 11.3 Å². The molecule has 0 aliphatic carbocycles. The van der Waals surface area contributed by atoms with Crippen molar-refractivity contribution in [2.24, 2.45) is 11.7 Å². The predicted octanol–water partition coefficient (Wildman–Crippen LogP) is 3.98. The Morgan fingerprint density at radius 2 is 1.72 bits per heavy atom. The van der Waals surface area contributed by atoms with Gasteiger partial charge >= 0.3 is 0 Å². The molecule has 0 bridgehead atoms. The Balaban J connectivity index is 1.46. The van der Waals surface area contributed by atoms with E-state index in [9.17, 15) is 0 Å². The molecular formula is C21H23N3S. The largest absolute Gasteiger partial charge is 0.330 e. The third kappa shape index (κ3) is 3.66. The van der Waals surface area contributed by atoms with Crippen molar-refractivity contribution in [1.29, 1.82) is 0 Å². The van der Waals surface area contributed by atoms with E-state index in [4.69, 9.17) is 10.7 Å². The highest BCUT2D eigenvalue weighted by Crippen LogP contribution is 2.33. The van der Waals surface area contributed by atoms with Crippen LogP contribution in [-0.4, -0.2) is 29.5 Å². The fraction of sp³-hybridized carbons (Fsp3) is 0.286. The van der Waals surface area contributed by atoms with Gasteiger partial charge in [-0.15, -0.1) is 11.3 Å². The van der Waals surface area contributed by atoms with E-state index < -0.39 is 0 Å². The van der Waals surface area contributed by atoms with Crippen LogP contribution < -0.4 is 5.73 Å². The predicted molar refractivity (Wildman–Crippen MR) is 105 cm³/mol. The molecule has 25 heavy (non-hydrogen) atoms. The lowest BCUT2D eigenvalue weighted by Crippen LogP contribution is -2.23. The highest BCUT2D eigenvalue weighted by atomic mass is 32.1. The Hall–Kier alpha value is -2.01. The summed E-state index contributed by atoms with van der Waals surface area (Å²) in [5.41, 5.74) is 9.82. The van der Waals surface area contributed by atoms with Crippen LogP contribution in [0.25, 0.3) is 10.6 Å². The van der Waals surface area contributed by atoms with Gasteiger partial charge in [0.15, 0.2) is 0 Å². The average molecular weight is 350 g/mol. The number of thiazole rings is 1. The van der Waals surface area contributed by atoms with Crippen molar-refractivity contribution >= 4 is 11.3 Å². The van der Waals surface area contributed by atoms with Crippen molar-refractivity contribution in [3.05, 3.63) is 77.3 Å². The molecule has 0 amide bonds. The quantitative estimate of drug-likeness (QED) is 0.757. The summed E-state index contributed by atoms with van der Waals surface area (Å²) in [5, 5.41) is 3.29. The highest BCUT2D eigenvalue weighted by Gasteiger charge is 2.32. The van der Waals surface area contributed by atoms with Gasteiger partial charge in [0.05, 0.1) is 5.69 Å². The van der Waals surface area contributed by atoms with Gasteiger partial charge in [-0.25, -0.2) is 4.98 Å². The van der Waals surface area contributed by atoms with Gasteiger partial charge < -0.3 is 5.73 Å². The number of nitrogens with two attached hydrogens (primary N) is 1. The Bertz CT molecular complexity index is 800. The summed E-state index contributed by atoms with van der Waals surface area (Å²) in [5.74, 6) is 1.05. The third-order valence-electron chi connectivity index (χ3n) is 5.01. The Kier molecular flexibility index (Phi) is 4.92. The molecule has 1 aliphatic rings. The van der Waals surface area contributed by atoms with Gasteiger partial charge in [-0.3, -0.25) is 4.90 Å². The number of rotatable bonds is 5. The van der Waals surface area contributed by atoms with Crippen LogP contribution in [-0.2, 0) is 6.54 Å². The minimum absolute atomic E-state index is 0.523. The van der Waals surface area contributed by atoms with E-state index in [1.807, 2.05) is 6.07 Å². The third-order valence-corrected chi connectivity index (χ3v) is 5.95. The number of aromatic nitrogens is 1. The number of hydrogen-bond donors (Lipinski definition) is 1. The number of benzene rings is 2. The molecule has 1 aromatic heterocycles. The van der Waals surface area contributed by atoms with Crippen molar-refractivity contribution in [3.63, 3.8) is 0 Å². The van der Waals surface area contributed by atoms with Crippen LogP contribution in [0.5, 0.6) is 0 Å². The summed E-state index contributed by atoms with van der Waals surface area (Å²) < 4.78 is 0. The second kappa shape index (κ2) is 7.48. The molecule has 0 spiro atoms. The van der Waals surface area contributed by atoms with Gasteiger partial charge in [-0.2, -0.15) is 0 Å². The summed E-state index contributed by atoms with van der Waals surface area (Å²) in [7, 11) is 0. The summed E-state index contributed by atoms with van der Waals surface area (Å²) in [6.07, 6.45) is 0. The number of likely N-dealkylation sites (tertiary alicyclic amines) is 1. The molecule has 3 aromatic rings. The van der Waals surface area contributed by atoms with Crippen molar-refractivity contribution in [3.8, 4) is 10.6 Å². The summed E-state index contributed by atoms with van der Waals surface area (Å²) in [4.78, 5) is 7.34. The second-order valence-electron chi connectivity index (χ2n) is 6.72. The van der Waals surface area contributed by atoms with E-state index in [1.54, 1.807) is 11.3 Å². The molecular weight excluding hydrogens is 326 g/mol. The maximum absolute atomic E-state index is 6.06. The summed E-state index contributed by atoms with van der Waals surface area (Å²) in [6, 6.07) is 21.2. The number of hydrogen-bond acceptors (Lipinski definition) is 4. The fourth-order valence-electron chi connectivity index (χ4n) is 3.73. The Labute approximate surface area is 153 Å². The van der Waals surface area contributed by atoms with E-state index in [2.05, 4.69) is 64.9 Å². The van der Waals surface area contributed by atoms with Crippen LogP contribution in [0.3, 0.4) is 0 Å². The number of nitrogens with zero attached hydrogens (tertiary/aromatic N) is 2. The molecule has 1 aliphatic heterocycles. The molecule has 1 saturated heterocycles. The molecule has 128 valence electrons. The van der Waals surface area contributed by atoms with E-state index in [-0.39, 0.29) is 0 Å². The Morgan fingerprint density at radius 1 is 1.00 bits per heavy atom. The lowest BCUT2D eigenvalue weighted by molar-refractivity contribution is 0.314. The summed E-state index contributed by atoms with van der Waals surface area (Å²) in [6.45, 7) is 3.75. The average Bonchev–Trinajstić information content (AvgIpc) is 3.30. The zero-order valence-corrected chi connectivity index (χ0v) is 15.0. The minimum Gasteiger partial charge on any atom is -0.330 e. The molecule has 1 fully saturated rings. The molecule has 4 heteroatoms. The molecule has 3 nitrogen and oxygen atoms in total. The van der Waals surface area contributed by atoms with Crippen LogP contribution in [0, 0.1) is 5.92 Å². The lowest BCUT2D eigenvalue weighted by Gasteiger charge is -2.16. The Morgan fingerprint density at radius 3 is 2.44 bits per heavy atom. The molecule has 2 atom stereocenters. The van der Waals surface area contributed by atoms with Gasteiger partial charge in [0, 0.05) is 36.5 Å². The maximum Gasteiger partial charge on any atom is 0.123 e. The van der Waals surface area contributed by atoms with Gasteiger partial charge in [0.1, 0.15) is 5.01 Å². The molecule has 0 unspecified atom stereocenters. The van der Waals surface area contributed by atoms with Crippen molar-refractivity contribution in [2.45, 2.75) is 12.5 Å². The van der Waals surface area contributed by atoms with E-state index >= 15 is 0 Å². The lowest BCUT2D eigenvalue weighted by atomic mass is 9.89. The first kappa shape index (κ1) is 16.5. The molecule has 4 rings (SSSR count). The maximum atomic E-state index is 6.06. The monoisotopic (exact) mass is 349 g/mol. The van der Waals surface area contributed by atoms with Crippen molar-refractivity contribution < 1.29 is 0 Å². The van der Waals surface area contributed by atoms with Crippen molar-refractivity contribution in [1.82, 2.24) is 9.88 Å².